The molecule has 2 aromatic carbocycles. The Hall–Kier alpha value is -2.00. The average Bonchev–Trinajstić information content (AvgIpc) is 2.60. The quantitative estimate of drug-likeness (QED) is 0.688. The normalized spacial score (nSPS) is 11.8. The number of carbonyl (C=O) groups is 1. The molecule has 0 saturated carbocycles. The van der Waals surface area contributed by atoms with E-state index in [2.05, 4.69) is 36.5 Å². The minimum atomic E-state index is 0.0144. The molecule has 0 heterocycles. The van der Waals surface area contributed by atoms with Gasteiger partial charge in [0.25, 0.3) is 0 Å². The van der Waals surface area contributed by atoms with E-state index < -0.39 is 0 Å². The van der Waals surface area contributed by atoms with Crippen molar-refractivity contribution in [1.29, 1.82) is 0 Å². The van der Waals surface area contributed by atoms with Crippen molar-refractivity contribution in [3.05, 3.63) is 64.7 Å². The first-order valence-corrected chi connectivity index (χ1v) is 8.73. The second kappa shape index (κ2) is 9.33. The number of hydrogen-bond acceptors (Lipinski definition) is 2. The van der Waals surface area contributed by atoms with E-state index in [1.807, 2.05) is 19.1 Å². The third-order valence-corrected chi connectivity index (χ3v) is 4.15. The summed E-state index contributed by atoms with van der Waals surface area (Å²) >= 11 is 5.82. The van der Waals surface area contributed by atoms with Gasteiger partial charge in [-0.2, -0.15) is 0 Å². The first-order valence-electron chi connectivity index (χ1n) is 8.35. The van der Waals surface area contributed by atoms with Crippen LogP contribution in [0.2, 0.25) is 5.02 Å². The molecule has 1 amide bonds. The summed E-state index contributed by atoms with van der Waals surface area (Å²) in [6.07, 6.45) is 2.15. The molecule has 0 bridgehead atoms. The van der Waals surface area contributed by atoms with Crippen LogP contribution in [-0.2, 0) is 11.2 Å². The number of nitrogens with one attached hydrogen (secondary N) is 1. The molecule has 0 aliphatic carbocycles. The minimum Gasteiger partial charge on any atom is -0.494 e. The number of carbonyl (C=O) groups excluding carboxylic acids is 1. The van der Waals surface area contributed by atoms with Gasteiger partial charge in [-0.1, -0.05) is 42.8 Å². The number of ether oxygens (including phenoxy) is 1. The summed E-state index contributed by atoms with van der Waals surface area (Å²) in [4.78, 5) is 12.0. The molecule has 1 unspecified atom stereocenters. The summed E-state index contributed by atoms with van der Waals surface area (Å²) in [6.45, 7) is 4.64. The Morgan fingerprint density at radius 1 is 1.12 bits per heavy atom. The Morgan fingerprint density at radius 2 is 1.79 bits per heavy atom. The van der Waals surface area contributed by atoms with Crippen molar-refractivity contribution >= 4 is 17.5 Å². The molecule has 0 fully saturated rings. The molecule has 0 radical (unpaired) electrons. The van der Waals surface area contributed by atoms with Gasteiger partial charge >= 0.3 is 0 Å². The Kier molecular flexibility index (Phi) is 7.13. The van der Waals surface area contributed by atoms with E-state index in [-0.39, 0.29) is 11.9 Å². The largest absolute Gasteiger partial charge is 0.494 e. The van der Waals surface area contributed by atoms with Gasteiger partial charge in [-0.3, -0.25) is 4.79 Å². The van der Waals surface area contributed by atoms with Gasteiger partial charge < -0.3 is 10.1 Å². The second-order valence-electron chi connectivity index (χ2n) is 5.79. The zero-order valence-electron chi connectivity index (χ0n) is 14.2. The van der Waals surface area contributed by atoms with Gasteiger partial charge in [0.05, 0.1) is 12.6 Å². The average molecular weight is 346 g/mol. The lowest BCUT2D eigenvalue weighted by Crippen LogP contribution is -2.26. The molecule has 0 saturated heterocycles. The summed E-state index contributed by atoms with van der Waals surface area (Å²) in [5.74, 6) is 0.811. The highest BCUT2D eigenvalue weighted by atomic mass is 35.5. The molecular formula is C20H24ClNO2. The van der Waals surface area contributed by atoms with E-state index in [4.69, 9.17) is 16.3 Å². The van der Waals surface area contributed by atoms with Crippen LogP contribution in [0.15, 0.2) is 48.5 Å². The summed E-state index contributed by atoms with van der Waals surface area (Å²) in [5, 5.41) is 3.71. The number of hydrogen-bond donors (Lipinski definition) is 1. The zero-order chi connectivity index (χ0) is 17.4. The van der Waals surface area contributed by atoms with E-state index in [1.165, 1.54) is 5.56 Å². The van der Waals surface area contributed by atoms with Crippen LogP contribution in [0.3, 0.4) is 0 Å². The SMILES string of the molecule is CCc1ccc(C(C)NC(=O)CCCOc2ccc(Cl)cc2)cc1. The number of halogens is 1. The van der Waals surface area contributed by atoms with Gasteiger partial charge in [0, 0.05) is 11.4 Å². The first kappa shape index (κ1) is 18.3. The highest BCUT2D eigenvalue weighted by Gasteiger charge is 2.09. The Labute approximate surface area is 149 Å². The van der Waals surface area contributed by atoms with Crippen molar-refractivity contribution < 1.29 is 9.53 Å². The zero-order valence-corrected chi connectivity index (χ0v) is 15.0. The van der Waals surface area contributed by atoms with Gasteiger partial charge in [0.15, 0.2) is 0 Å². The molecule has 0 aromatic heterocycles. The fourth-order valence-corrected chi connectivity index (χ4v) is 2.52. The van der Waals surface area contributed by atoms with Crippen LogP contribution in [-0.4, -0.2) is 12.5 Å². The molecule has 0 spiro atoms. The van der Waals surface area contributed by atoms with E-state index >= 15 is 0 Å². The lowest BCUT2D eigenvalue weighted by atomic mass is 10.0. The predicted octanol–water partition coefficient (Wildman–Crippen LogP) is 4.94. The number of amides is 1. The van der Waals surface area contributed by atoms with Crippen LogP contribution in [0.5, 0.6) is 5.75 Å². The maximum atomic E-state index is 12.0. The number of rotatable bonds is 8. The monoisotopic (exact) mass is 345 g/mol. The summed E-state index contributed by atoms with van der Waals surface area (Å²) in [7, 11) is 0. The maximum Gasteiger partial charge on any atom is 0.220 e. The van der Waals surface area contributed by atoms with Crippen molar-refractivity contribution in [2.45, 2.75) is 39.2 Å². The van der Waals surface area contributed by atoms with E-state index in [9.17, 15) is 4.79 Å². The molecule has 0 aliphatic heterocycles. The predicted molar refractivity (Wildman–Crippen MR) is 98.6 cm³/mol. The van der Waals surface area contributed by atoms with E-state index in [0.29, 0.717) is 24.5 Å². The van der Waals surface area contributed by atoms with Crippen LogP contribution in [0, 0.1) is 0 Å². The molecule has 2 aromatic rings. The van der Waals surface area contributed by atoms with Crippen molar-refractivity contribution in [3.63, 3.8) is 0 Å². The van der Waals surface area contributed by atoms with Crippen LogP contribution in [0.25, 0.3) is 0 Å². The van der Waals surface area contributed by atoms with Gasteiger partial charge in [0.2, 0.25) is 5.91 Å². The highest BCUT2D eigenvalue weighted by Crippen LogP contribution is 2.16. The molecule has 1 atom stereocenters. The van der Waals surface area contributed by atoms with E-state index in [0.717, 1.165) is 17.7 Å². The molecule has 1 N–H and O–H groups in total. The first-order chi connectivity index (χ1) is 11.6. The van der Waals surface area contributed by atoms with Gasteiger partial charge in [0.1, 0.15) is 5.75 Å². The molecule has 128 valence electrons. The van der Waals surface area contributed by atoms with Crippen LogP contribution >= 0.6 is 11.6 Å². The molecule has 24 heavy (non-hydrogen) atoms. The second-order valence-corrected chi connectivity index (χ2v) is 6.23. The standard InChI is InChI=1S/C20H24ClNO2/c1-3-16-6-8-17(9-7-16)15(2)22-20(23)5-4-14-24-19-12-10-18(21)11-13-19/h6-13,15H,3-5,14H2,1-2H3,(H,22,23). The van der Waals surface area contributed by atoms with Gasteiger partial charge in [-0.05, 0) is 55.2 Å². The fraction of sp³-hybridized carbons (Fsp3) is 0.350. The molecule has 2 rings (SSSR count). The minimum absolute atomic E-state index is 0.0144. The third-order valence-electron chi connectivity index (χ3n) is 3.90. The fourth-order valence-electron chi connectivity index (χ4n) is 2.39. The molecule has 4 heteroatoms. The summed E-state index contributed by atoms with van der Waals surface area (Å²) in [5.41, 5.74) is 2.43. The van der Waals surface area contributed by atoms with Crippen LogP contribution in [0.1, 0.15) is 43.9 Å². The smallest absolute Gasteiger partial charge is 0.220 e. The van der Waals surface area contributed by atoms with Crippen molar-refractivity contribution in [2.24, 2.45) is 0 Å². The van der Waals surface area contributed by atoms with Gasteiger partial charge in [-0.25, -0.2) is 0 Å². The Balaban J connectivity index is 1.69. The lowest BCUT2D eigenvalue weighted by Gasteiger charge is -2.15. The maximum absolute atomic E-state index is 12.0. The molecule has 0 aliphatic rings. The van der Waals surface area contributed by atoms with E-state index in [1.54, 1.807) is 12.1 Å². The Morgan fingerprint density at radius 3 is 2.42 bits per heavy atom. The van der Waals surface area contributed by atoms with Crippen molar-refractivity contribution in [1.82, 2.24) is 5.32 Å². The lowest BCUT2D eigenvalue weighted by molar-refractivity contribution is -0.121. The number of benzene rings is 2. The molecular weight excluding hydrogens is 322 g/mol. The summed E-state index contributed by atoms with van der Waals surface area (Å²) in [6, 6.07) is 15.6. The van der Waals surface area contributed by atoms with Crippen molar-refractivity contribution in [2.75, 3.05) is 6.61 Å². The van der Waals surface area contributed by atoms with Crippen LogP contribution in [0.4, 0.5) is 0 Å². The Bertz CT molecular complexity index is 638. The molecule has 3 nitrogen and oxygen atoms in total. The van der Waals surface area contributed by atoms with Gasteiger partial charge in [-0.15, -0.1) is 0 Å². The van der Waals surface area contributed by atoms with Crippen LogP contribution < -0.4 is 10.1 Å². The summed E-state index contributed by atoms with van der Waals surface area (Å²) < 4.78 is 5.59. The van der Waals surface area contributed by atoms with Crippen molar-refractivity contribution in [3.8, 4) is 5.75 Å². The number of aryl methyl sites for hydroxylation is 1. The third kappa shape index (κ3) is 5.89. The topological polar surface area (TPSA) is 38.3 Å². The highest BCUT2D eigenvalue weighted by molar-refractivity contribution is 6.30.